The first-order valence-electron chi connectivity index (χ1n) is 6.83. The van der Waals surface area contributed by atoms with E-state index in [1.807, 2.05) is 0 Å². The normalized spacial score (nSPS) is 10.8. The molecule has 0 saturated heterocycles. The van der Waals surface area contributed by atoms with Gasteiger partial charge in [-0.05, 0) is 42.8 Å². The van der Waals surface area contributed by atoms with Crippen molar-refractivity contribution in [2.24, 2.45) is 0 Å². The van der Waals surface area contributed by atoms with Crippen molar-refractivity contribution in [1.82, 2.24) is 0 Å². The van der Waals surface area contributed by atoms with Crippen molar-refractivity contribution >= 4 is 44.6 Å². The summed E-state index contributed by atoms with van der Waals surface area (Å²) in [4.78, 5) is 13.0. The Morgan fingerprint density at radius 2 is 2.09 bits per heavy atom. The number of thiophene rings is 1. The van der Waals surface area contributed by atoms with Crippen LogP contribution in [0.2, 0.25) is 5.02 Å². The van der Waals surface area contributed by atoms with Crippen LogP contribution < -0.4 is 10.1 Å². The molecule has 1 amide bonds. The Balaban J connectivity index is 2.00. The van der Waals surface area contributed by atoms with E-state index in [2.05, 4.69) is 5.32 Å². The van der Waals surface area contributed by atoms with Crippen LogP contribution in [0.1, 0.15) is 15.2 Å². The second-order valence-electron chi connectivity index (χ2n) is 4.97. The van der Waals surface area contributed by atoms with Gasteiger partial charge in [0, 0.05) is 15.1 Å². The molecule has 1 N–H and O–H groups in total. The van der Waals surface area contributed by atoms with Crippen molar-refractivity contribution in [2.75, 3.05) is 12.4 Å². The van der Waals surface area contributed by atoms with Crippen molar-refractivity contribution in [3.8, 4) is 5.75 Å². The van der Waals surface area contributed by atoms with Gasteiger partial charge in [-0.2, -0.15) is 0 Å². The van der Waals surface area contributed by atoms with Crippen LogP contribution in [0.4, 0.5) is 10.1 Å². The third-order valence-electron chi connectivity index (χ3n) is 3.52. The van der Waals surface area contributed by atoms with E-state index in [9.17, 15) is 9.18 Å². The number of fused-ring (bicyclic) bond motifs is 1. The molecule has 0 aliphatic rings. The van der Waals surface area contributed by atoms with Crippen LogP contribution in [0.25, 0.3) is 10.1 Å². The summed E-state index contributed by atoms with van der Waals surface area (Å²) >= 11 is 7.22. The molecule has 0 radical (unpaired) electrons. The number of aryl methyl sites for hydroxylation is 1. The Bertz CT molecular complexity index is 907. The van der Waals surface area contributed by atoms with Gasteiger partial charge in [0.25, 0.3) is 5.91 Å². The fourth-order valence-electron chi connectivity index (χ4n) is 2.43. The fraction of sp³-hybridized carbons (Fsp3) is 0.118. The first-order valence-corrected chi connectivity index (χ1v) is 8.03. The number of benzene rings is 2. The number of anilines is 1. The Hall–Kier alpha value is -2.11. The van der Waals surface area contributed by atoms with Crippen LogP contribution in [-0.2, 0) is 0 Å². The smallest absolute Gasteiger partial charge is 0.266 e. The zero-order valence-electron chi connectivity index (χ0n) is 12.4. The summed E-state index contributed by atoms with van der Waals surface area (Å²) in [5.74, 6) is -0.132. The van der Waals surface area contributed by atoms with E-state index in [-0.39, 0.29) is 11.7 Å². The maximum atomic E-state index is 14.0. The lowest BCUT2D eigenvalue weighted by molar-refractivity contribution is 0.102. The second kappa shape index (κ2) is 6.18. The van der Waals surface area contributed by atoms with E-state index in [1.54, 1.807) is 37.3 Å². The highest BCUT2D eigenvalue weighted by Gasteiger charge is 2.19. The predicted molar refractivity (Wildman–Crippen MR) is 92.5 cm³/mol. The zero-order chi connectivity index (χ0) is 16.6. The maximum Gasteiger partial charge on any atom is 0.266 e. The molecule has 3 nitrogen and oxygen atoms in total. The Morgan fingerprint density at radius 3 is 2.78 bits per heavy atom. The highest BCUT2D eigenvalue weighted by Crippen LogP contribution is 2.34. The molecule has 0 unspecified atom stereocenters. The van der Waals surface area contributed by atoms with E-state index < -0.39 is 0 Å². The van der Waals surface area contributed by atoms with Crippen molar-refractivity contribution in [3.63, 3.8) is 0 Å². The number of hydrogen-bond acceptors (Lipinski definition) is 3. The molecular weight excluding hydrogens is 337 g/mol. The Morgan fingerprint density at radius 1 is 1.30 bits per heavy atom. The molecule has 6 heteroatoms. The number of nitrogens with one attached hydrogen (secondary N) is 1. The number of carbonyl (C=O) groups is 1. The predicted octanol–water partition coefficient (Wildman–Crippen LogP) is 5.26. The number of carbonyl (C=O) groups excluding carboxylic acids is 1. The van der Waals surface area contributed by atoms with E-state index in [1.165, 1.54) is 24.5 Å². The topological polar surface area (TPSA) is 38.3 Å². The summed E-state index contributed by atoms with van der Waals surface area (Å²) in [5, 5.41) is 3.75. The van der Waals surface area contributed by atoms with Crippen LogP contribution in [0.15, 0.2) is 36.4 Å². The van der Waals surface area contributed by atoms with E-state index >= 15 is 0 Å². The Labute approximate surface area is 141 Å². The molecule has 0 spiro atoms. The summed E-state index contributed by atoms with van der Waals surface area (Å²) in [5.41, 5.74) is 1.10. The minimum absolute atomic E-state index is 0.316. The molecule has 2 aromatic carbocycles. The molecule has 1 heterocycles. The highest BCUT2D eigenvalue weighted by molar-refractivity contribution is 7.21. The molecule has 0 aliphatic heterocycles. The maximum absolute atomic E-state index is 14.0. The molecule has 0 atom stereocenters. The van der Waals surface area contributed by atoms with E-state index in [4.69, 9.17) is 16.3 Å². The van der Waals surface area contributed by atoms with E-state index in [0.717, 1.165) is 4.70 Å². The number of halogens is 2. The van der Waals surface area contributed by atoms with Gasteiger partial charge in [-0.3, -0.25) is 4.79 Å². The molecule has 0 fully saturated rings. The van der Waals surface area contributed by atoms with Gasteiger partial charge in [0.2, 0.25) is 0 Å². The molecule has 23 heavy (non-hydrogen) atoms. The Kier molecular flexibility index (Phi) is 4.24. The quantitative estimate of drug-likeness (QED) is 0.700. The lowest BCUT2D eigenvalue weighted by Gasteiger charge is -2.10. The SMILES string of the molecule is COc1ccc(Cl)cc1NC(=O)c1sc2cccc(F)c2c1C. The van der Waals surface area contributed by atoms with Gasteiger partial charge < -0.3 is 10.1 Å². The number of rotatable bonds is 3. The minimum atomic E-state index is -0.323. The molecule has 118 valence electrons. The van der Waals surface area contributed by atoms with Gasteiger partial charge in [0.05, 0.1) is 17.7 Å². The fourth-order valence-corrected chi connectivity index (χ4v) is 3.72. The molecule has 0 saturated carbocycles. The molecule has 3 rings (SSSR count). The van der Waals surface area contributed by atoms with Crippen molar-refractivity contribution < 1.29 is 13.9 Å². The van der Waals surface area contributed by atoms with Gasteiger partial charge in [-0.1, -0.05) is 17.7 Å². The van der Waals surface area contributed by atoms with Gasteiger partial charge in [0.15, 0.2) is 0 Å². The van der Waals surface area contributed by atoms with Crippen LogP contribution in [0.3, 0.4) is 0 Å². The number of ether oxygens (including phenoxy) is 1. The van der Waals surface area contributed by atoms with Crippen LogP contribution >= 0.6 is 22.9 Å². The molecule has 0 aliphatic carbocycles. The number of amides is 1. The molecular formula is C17H13ClFNO2S. The summed E-state index contributed by atoms with van der Waals surface area (Å²) < 4.78 is 19.9. The average molecular weight is 350 g/mol. The third-order valence-corrected chi connectivity index (χ3v) is 5.01. The van der Waals surface area contributed by atoms with E-state index in [0.29, 0.717) is 32.3 Å². The monoisotopic (exact) mass is 349 g/mol. The largest absolute Gasteiger partial charge is 0.495 e. The number of methoxy groups -OCH3 is 1. The highest BCUT2D eigenvalue weighted by atomic mass is 35.5. The summed E-state index contributed by atoms with van der Waals surface area (Å²) in [6.07, 6.45) is 0. The first-order chi connectivity index (χ1) is 11.0. The standard InChI is InChI=1S/C17H13ClFNO2S/c1-9-15-11(19)4-3-5-14(15)23-16(9)17(21)20-12-8-10(18)6-7-13(12)22-2/h3-8H,1-2H3,(H,20,21). The summed E-state index contributed by atoms with van der Waals surface area (Å²) in [6.45, 7) is 1.74. The third kappa shape index (κ3) is 2.90. The average Bonchev–Trinajstić information content (AvgIpc) is 2.86. The van der Waals surface area contributed by atoms with Crippen molar-refractivity contribution in [2.45, 2.75) is 6.92 Å². The number of hydrogen-bond donors (Lipinski definition) is 1. The summed E-state index contributed by atoms with van der Waals surface area (Å²) in [6, 6.07) is 9.79. The van der Waals surface area contributed by atoms with Crippen LogP contribution in [0.5, 0.6) is 5.75 Å². The van der Waals surface area contributed by atoms with Gasteiger partial charge >= 0.3 is 0 Å². The van der Waals surface area contributed by atoms with Crippen molar-refractivity contribution in [1.29, 1.82) is 0 Å². The lowest BCUT2D eigenvalue weighted by atomic mass is 10.1. The van der Waals surface area contributed by atoms with Gasteiger partial charge in [0.1, 0.15) is 11.6 Å². The van der Waals surface area contributed by atoms with Gasteiger partial charge in [-0.15, -0.1) is 11.3 Å². The van der Waals surface area contributed by atoms with Crippen LogP contribution in [0, 0.1) is 12.7 Å². The molecule has 0 bridgehead atoms. The second-order valence-corrected chi connectivity index (χ2v) is 6.46. The first kappa shape index (κ1) is 15.8. The minimum Gasteiger partial charge on any atom is -0.495 e. The summed E-state index contributed by atoms with van der Waals surface area (Å²) in [7, 11) is 1.51. The molecule has 1 aromatic heterocycles. The van der Waals surface area contributed by atoms with Crippen LogP contribution in [-0.4, -0.2) is 13.0 Å². The zero-order valence-corrected chi connectivity index (χ0v) is 14.0. The van der Waals surface area contributed by atoms with Gasteiger partial charge in [-0.25, -0.2) is 4.39 Å². The molecule has 3 aromatic rings. The lowest BCUT2D eigenvalue weighted by Crippen LogP contribution is -2.12. The van der Waals surface area contributed by atoms with Crippen molar-refractivity contribution in [3.05, 3.63) is 57.7 Å².